The molecular formula is C8H13NO4Si. The Morgan fingerprint density at radius 3 is 2.64 bits per heavy atom. The first-order valence-corrected chi connectivity index (χ1v) is 6.32. The van der Waals surface area contributed by atoms with Gasteiger partial charge in [-0.15, -0.1) is 0 Å². The summed E-state index contributed by atoms with van der Waals surface area (Å²) in [6, 6.07) is 0.860. The van der Waals surface area contributed by atoms with E-state index in [1.807, 2.05) is 0 Å². The van der Waals surface area contributed by atoms with Crippen LogP contribution in [0.3, 0.4) is 0 Å². The minimum absolute atomic E-state index is 0.424. The summed E-state index contributed by atoms with van der Waals surface area (Å²) in [5.74, 6) is -1.90. The fraction of sp³-hybridized carbons (Fsp3) is 0.500. The van der Waals surface area contributed by atoms with Crippen LogP contribution in [0.5, 0.6) is 0 Å². The average Bonchev–Trinajstić information content (AvgIpc) is 2.18. The molecular weight excluding hydrogens is 202 g/mol. The number of carboxylic acid groups (broad SMARTS) is 1. The molecule has 0 aromatic rings. The highest BCUT2D eigenvalue weighted by Gasteiger charge is 2.22. The van der Waals surface area contributed by atoms with E-state index in [4.69, 9.17) is 9.53 Å². The van der Waals surface area contributed by atoms with Crippen LogP contribution in [-0.2, 0) is 14.0 Å². The molecule has 0 spiro atoms. The van der Waals surface area contributed by atoms with Crippen molar-refractivity contribution in [3.63, 3.8) is 0 Å². The molecule has 1 saturated heterocycles. The molecule has 14 heavy (non-hydrogen) atoms. The molecule has 0 aromatic carbocycles. The number of carboxylic acids is 1. The lowest BCUT2D eigenvalue weighted by Gasteiger charge is -2.21. The first-order valence-electron chi connectivity index (χ1n) is 4.46. The molecule has 0 saturated carbocycles. The molecule has 1 atom stereocenters. The van der Waals surface area contributed by atoms with Gasteiger partial charge in [0.15, 0.2) is 0 Å². The van der Waals surface area contributed by atoms with Crippen molar-refractivity contribution in [3.05, 3.63) is 12.2 Å². The molecule has 6 heteroatoms. The highest BCUT2D eigenvalue weighted by Crippen LogP contribution is 2.08. The molecule has 0 radical (unpaired) electrons. The number of hydrogen-bond acceptors (Lipinski definition) is 3. The van der Waals surface area contributed by atoms with E-state index < -0.39 is 26.7 Å². The normalized spacial score (nSPS) is 21.3. The van der Waals surface area contributed by atoms with E-state index in [0.717, 1.165) is 18.9 Å². The van der Waals surface area contributed by atoms with Crippen molar-refractivity contribution in [2.45, 2.75) is 18.9 Å². The zero-order valence-electron chi connectivity index (χ0n) is 7.78. The van der Waals surface area contributed by atoms with E-state index >= 15 is 0 Å². The fourth-order valence-electron chi connectivity index (χ4n) is 1.19. The Hall–Kier alpha value is -1.14. The molecule has 1 fully saturated rings. The van der Waals surface area contributed by atoms with Gasteiger partial charge < -0.3 is 14.5 Å². The second-order valence-electron chi connectivity index (χ2n) is 3.11. The molecule has 1 aliphatic heterocycles. The Labute approximate surface area is 83.6 Å². The SMILES string of the molecule is C=C(C(=O)O)C(=O)N[SiH]1CCCCO1. The van der Waals surface area contributed by atoms with Gasteiger partial charge >= 0.3 is 5.97 Å². The van der Waals surface area contributed by atoms with Crippen LogP contribution in [0.2, 0.25) is 6.04 Å². The molecule has 78 valence electrons. The van der Waals surface area contributed by atoms with Gasteiger partial charge in [-0.1, -0.05) is 6.58 Å². The molecule has 1 rings (SSSR count). The summed E-state index contributed by atoms with van der Waals surface area (Å²) in [6.07, 6.45) is 2.05. The third-order valence-electron chi connectivity index (χ3n) is 2.00. The second kappa shape index (κ2) is 4.92. The van der Waals surface area contributed by atoms with E-state index in [-0.39, 0.29) is 0 Å². The maximum atomic E-state index is 11.2. The van der Waals surface area contributed by atoms with Gasteiger partial charge in [-0.3, -0.25) is 4.79 Å². The van der Waals surface area contributed by atoms with Crippen LogP contribution in [0.1, 0.15) is 12.8 Å². The predicted molar refractivity (Wildman–Crippen MR) is 52.1 cm³/mol. The minimum Gasteiger partial charge on any atom is -0.478 e. The van der Waals surface area contributed by atoms with Crippen LogP contribution in [0.25, 0.3) is 0 Å². The van der Waals surface area contributed by atoms with Crippen LogP contribution >= 0.6 is 0 Å². The van der Waals surface area contributed by atoms with Crippen molar-refractivity contribution in [2.75, 3.05) is 6.61 Å². The molecule has 0 bridgehead atoms. The lowest BCUT2D eigenvalue weighted by Crippen LogP contribution is -2.44. The number of rotatable bonds is 3. The first kappa shape index (κ1) is 10.9. The third kappa shape index (κ3) is 2.97. The zero-order valence-corrected chi connectivity index (χ0v) is 8.94. The molecule has 2 N–H and O–H groups in total. The van der Waals surface area contributed by atoms with Crippen LogP contribution in [-0.4, -0.2) is 32.8 Å². The monoisotopic (exact) mass is 215 g/mol. The van der Waals surface area contributed by atoms with E-state index in [9.17, 15) is 9.59 Å². The van der Waals surface area contributed by atoms with Crippen molar-refractivity contribution < 1.29 is 19.1 Å². The van der Waals surface area contributed by atoms with Gasteiger partial charge in [0.1, 0.15) is 5.57 Å². The second-order valence-corrected chi connectivity index (χ2v) is 5.29. The topological polar surface area (TPSA) is 75.6 Å². The summed E-state index contributed by atoms with van der Waals surface area (Å²) in [4.78, 5) is 24.2. The van der Waals surface area contributed by atoms with Gasteiger partial charge in [0, 0.05) is 6.61 Å². The molecule has 1 unspecified atom stereocenters. The summed E-state index contributed by atoms with van der Waals surface area (Å²) in [5, 5.41) is 8.50. The van der Waals surface area contributed by atoms with E-state index in [2.05, 4.69) is 11.6 Å². The number of aliphatic carboxylic acids is 1. The van der Waals surface area contributed by atoms with Crippen molar-refractivity contribution in [1.29, 1.82) is 0 Å². The van der Waals surface area contributed by atoms with E-state index in [1.54, 1.807) is 0 Å². The van der Waals surface area contributed by atoms with Crippen LogP contribution in [0.15, 0.2) is 12.2 Å². The molecule has 1 aliphatic rings. The Bertz CT molecular complexity index is 260. The highest BCUT2D eigenvalue weighted by molar-refractivity contribution is 6.53. The zero-order chi connectivity index (χ0) is 10.6. The van der Waals surface area contributed by atoms with Crippen molar-refractivity contribution in [2.24, 2.45) is 0 Å². The maximum Gasteiger partial charge on any atom is 0.340 e. The average molecular weight is 215 g/mol. The van der Waals surface area contributed by atoms with Gasteiger partial charge in [0.2, 0.25) is 0 Å². The van der Waals surface area contributed by atoms with E-state index in [1.165, 1.54) is 0 Å². The molecule has 0 aromatic heterocycles. The first-order chi connectivity index (χ1) is 6.61. The van der Waals surface area contributed by atoms with Gasteiger partial charge in [0.25, 0.3) is 15.1 Å². The standard InChI is InChI=1S/C8H13NO4Si/c1-6(8(11)12)7(10)9-14-5-3-2-4-13-14/h14H,1-5H2,(H,9,10)(H,11,12). The fourth-order valence-corrected chi connectivity index (χ4v) is 3.16. The summed E-state index contributed by atoms with van der Waals surface area (Å²) in [7, 11) is -1.71. The number of nitrogens with one attached hydrogen (secondary N) is 1. The number of hydrogen-bond donors (Lipinski definition) is 2. The summed E-state index contributed by atoms with van der Waals surface area (Å²) in [6.45, 7) is 3.84. The van der Waals surface area contributed by atoms with Crippen molar-refractivity contribution >= 4 is 21.1 Å². The Morgan fingerprint density at radius 1 is 1.43 bits per heavy atom. The van der Waals surface area contributed by atoms with Crippen LogP contribution < -0.4 is 4.98 Å². The lowest BCUT2D eigenvalue weighted by atomic mass is 10.3. The number of carbonyl (C=O) groups is 2. The number of amides is 1. The predicted octanol–water partition coefficient (Wildman–Crippen LogP) is -0.226. The Morgan fingerprint density at radius 2 is 2.14 bits per heavy atom. The van der Waals surface area contributed by atoms with Crippen LogP contribution in [0, 0.1) is 0 Å². The van der Waals surface area contributed by atoms with Gasteiger partial charge in [-0.2, -0.15) is 0 Å². The summed E-state index contributed by atoms with van der Waals surface area (Å²) >= 11 is 0. The summed E-state index contributed by atoms with van der Waals surface area (Å²) in [5.41, 5.74) is -0.424. The van der Waals surface area contributed by atoms with Crippen molar-refractivity contribution in [1.82, 2.24) is 4.98 Å². The van der Waals surface area contributed by atoms with Crippen LogP contribution in [0.4, 0.5) is 0 Å². The highest BCUT2D eigenvalue weighted by atomic mass is 28.3. The smallest absolute Gasteiger partial charge is 0.340 e. The van der Waals surface area contributed by atoms with Gasteiger partial charge in [0.05, 0.1) is 0 Å². The molecule has 1 amide bonds. The lowest BCUT2D eigenvalue weighted by molar-refractivity contribution is -0.134. The molecule has 5 nitrogen and oxygen atoms in total. The Balaban J connectivity index is 2.39. The molecule has 1 heterocycles. The molecule has 0 aliphatic carbocycles. The summed E-state index contributed by atoms with van der Waals surface area (Å²) < 4.78 is 5.35. The Kier molecular flexibility index (Phi) is 3.84. The minimum atomic E-state index is -1.71. The van der Waals surface area contributed by atoms with Gasteiger partial charge in [-0.25, -0.2) is 4.79 Å². The quantitative estimate of drug-likeness (QED) is 0.295. The van der Waals surface area contributed by atoms with Gasteiger partial charge in [-0.05, 0) is 18.9 Å². The maximum absolute atomic E-state index is 11.2. The number of carbonyl (C=O) groups excluding carboxylic acids is 1. The van der Waals surface area contributed by atoms with E-state index in [0.29, 0.717) is 6.61 Å². The largest absolute Gasteiger partial charge is 0.478 e. The third-order valence-corrected chi connectivity index (χ3v) is 4.16. The van der Waals surface area contributed by atoms with Crippen molar-refractivity contribution in [3.8, 4) is 0 Å².